The average molecular weight is 339 g/mol. The number of hydrogen-bond acceptors (Lipinski definition) is 0. The minimum Gasteiger partial charge on any atom is -0.0836 e. The van der Waals surface area contributed by atoms with Crippen molar-refractivity contribution in [1.82, 2.24) is 0 Å². The standard InChI is InChI=1S/C21H20ClP/c1-15-9-4-6-13-19(15)23(20-14-7-5-10-16(20)2)21-17(3)11-8-12-18(21)22/h4-14H,1-3H3. The van der Waals surface area contributed by atoms with Crippen LogP contribution in [0.5, 0.6) is 0 Å². The SMILES string of the molecule is Cc1ccccc1P(c1ccccc1C)c1c(C)cccc1Cl. The third-order valence-corrected chi connectivity index (χ3v) is 7.58. The molecule has 0 amide bonds. The number of aryl methyl sites for hydroxylation is 3. The van der Waals surface area contributed by atoms with E-state index in [1.54, 1.807) is 0 Å². The van der Waals surface area contributed by atoms with Gasteiger partial charge in [-0.15, -0.1) is 0 Å². The lowest BCUT2D eigenvalue weighted by Gasteiger charge is -2.25. The maximum atomic E-state index is 6.64. The van der Waals surface area contributed by atoms with E-state index < -0.39 is 7.92 Å². The van der Waals surface area contributed by atoms with E-state index in [1.165, 1.54) is 32.6 Å². The first-order valence-corrected chi connectivity index (χ1v) is 9.48. The van der Waals surface area contributed by atoms with E-state index in [9.17, 15) is 0 Å². The maximum absolute atomic E-state index is 6.64. The second-order valence-electron chi connectivity index (χ2n) is 5.81. The molecule has 0 bridgehead atoms. The minimum absolute atomic E-state index is 0.661. The molecule has 0 aliphatic heterocycles. The van der Waals surface area contributed by atoms with Crippen LogP contribution in [0.4, 0.5) is 0 Å². The highest BCUT2D eigenvalue weighted by molar-refractivity contribution is 7.80. The van der Waals surface area contributed by atoms with Gasteiger partial charge in [0.15, 0.2) is 0 Å². The lowest BCUT2D eigenvalue weighted by atomic mass is 10.2. The summed E-state index contributed by atoms with van der Waals surface area (Å²) in [5.41, 5.74) is 3.90. The van der Waals surface area contributed by atoms with Gasteiger partial charge in [-0.05, 0) is 62.1 Å². The van der Waals surface area contributed by atoms with Crippen LogP contribution in [0.1, 0.15) is 16.7 Å². The van der Waals surface area contributed by atoms with E-state index >= 15 is 0 Å². The first kappa shape index (κ1) is 16.2. The molecule has 0 N–H and O–H groups in total. The van der Waals surface area contributed by atoms with Crippen molar-refractivity contribution in [3.8, 4) is 0 Å². The van der Waals surface area contributed by atoms with Crippen molar-refractivity contribution in [2.24, 2.45) is 0 Å². The largest absolute Gasteiger partial charge is 0.0836 e. The summed E-state index contributed by atoms with van der Waals surface area (Å²) >= 11 is 6.64. The fourth-order valence-corrected chi connectivity index (χ4v) is 6.16. The summed E-state index contributed by atoms with van der Waals surface area (Å²) < 4.78 is 0. The van der Waals surface area contributed by atoms with Crippen LogP contribution in [0.2, 0.25) is 5.02 Å². The smallest absolute Gasteiger partial charge is 0.0492 e. The van der Waals surface area contributed by atoms with Gasteiger partial charge in [0.1, 0.15) is 0 Å². The normalized spacial score (nSPS) is 11.0. The summed E-state index contributed by atoms with van der Waals surface area (Å²) in [5, 5.41) is 4.90. The Kier molecular flexibility index (Phi) is 4.85. The lowest BCUT2D eigenvalue weighted by molar-refractivity contribution is 1.49. The zero-order valence-corrected chi connectivity index (χ0v) is 15.3. The fourth-order valence-electron chi connectivity index (χ4n) is 2.91. The quantitative estimate of drug-likeness (QED) is 0.588. The highest BCUT2D eigenvalue weighted by Gasteiger charge is 2.23. The zero-order chi connectivity index (χ0) is 16.4. The van der Waals surface area contributed by atoms with Crippen LogP contribution in [0.25, 0.3) is 0 Å². The van der Waals surface area contributed by atoms with E-state index in [4.69, 9.17) is 11.6 Å². The van der Waals surface area contributed by atoms with Crippen molar-refractivity contribution in [3.05, 3.63) is 88.4 Å². The second kappa shape index (κ2) is 6.87. The van der Waals surface area contributed by atoms with Gasteiger partial charge in [-0.25, -0.2) is 0 Å². The third-order valence-electron chi connectivity index (χ3n) is 4.12. The first-order valence-electron chi connectivity index (χ1n) is 7.76. The predicted octanol–water partition coefficient (Wildman–Crippen LogP) is 5.02. The Hall–Kier alpha value is -1.62. The van der Waals surface area contributed by atoms with E-state index in [0.29, 0.717) is 0 Å². The Labute approximate surface area is 144 Å². The van der Waals surface area contributed by atoms with Crippen LogP contribution in [0.15, 0.2) is 66.7 Å². The van der Waals surface area contributed by atoms with Gasteiger partial charge < -0.3 is 0 Å². The molecule has 3 aromatic carbocycles. The maximum Gasteiger partial charge on any atom is 0.0492 e. The average Bonchev–Trinajstić information content (AvgIpc) is 2.53. The summed E-state index contributed by atoms with van der Waals surface area (Å²) in [6.07, 6.45) is 0. The molecule has 0 aromatic heterocycles. The molecule has 2 heteroatoms. The van der Waals surface area contributed by atoms with Crippen LogP contribution in [0, 0.1) is 20.8 Å². The second-order valence-corrected chi connectivity index (χ2v) is 8.30. The van der Waals surface area contributed by atoms with Crippen molar-refractivity contribution in [2.75, 3.05) is 0 Å². The van der Waals surface area contributed by atoms with Crippen LogP contribution in [0.3, 0.4) is 0 Å². The van der Waals surface area contributed by atoms with Gasteiger partial charge in [0.2, 0.25) is 0 Å². The molecule has 0 radical (unpaired) electrons. The first-order chi connectivity index (χ1) is 11.1. The minimum atomic E-state index is -0.661. The molecule has 0 fully saturated rings. The van der Waals surface area contributed by atoms with E-state index in [2.05, 4.69) is 75.4 Å². The van der Waals surface area contributed by atoms with Gasteiger partial charge in [-0.2, -0.15) is 0 Å². The van der Waals surface area contributed by atoms with Gasteiger partial charge >= 0.3 is 0 Å². The van der Waals surface area contributed by atoms with Gasteiger partial charge in [0, 0.05) is 10.3 Å². The van der Waals surface area contributed by atoms with Crippen LogP contribution in [-0.2, 0) is 0 Å². The molecule has 0 nitrogen and oxygen atoms in total. The molecule has 0 spiro atoms. The highest BCUT2D eigenvalue weighted by Crippen LogP contribution is 2.38. The summed E-state index contributed by atoms with van der Waals surface area (Å²) in [6.45, 7) is 6.54. The van der Waals surface area contributed by atoms with E-state index in [-0.39, 0.29) is 0 Å². The molecule has 0 unspecified atom stereocenters. The van der Waals surface area contributed by atoms with Crippen molar-refractivity contribution in [2.45, 2.75) is 20.8 Å². The summed E-state index contributed by atoms with van der Waals surface area (Å²) in [7, 11) is -0.661. The molecule has 3 aromatic rings. The summed E-state index contributed by atoms with van der Waals surface area (Å²) in [6, 6.07) is 23.5. The van der Waals surface area contributed by atoms with E-state index in [1.807, 2.05) is 12.1 Å². The van der Waals surface area contributed by atoms with Gasteiger partial charge in [-0.3, -0.25) is 0 Å². The van der Waals surface area contributed by atoms with Crippen LogP contribution >= 0.6 is 19.5 Å². The van der Waals surface area contributed by atoms with Crippen molar-refractivity contribution < 1.29 is 0 Å². The van der Waals surface area contributed by atoms with Gasteiger partial charge in [0.05, 0.1) is 0 Å². The molecule has 0 aliphatic carbocycles. The monoisotopic (exact) mass is 338 g/mol. The molecule has 0 heterocycles. The number of hydrogen-bond donors (Lipinski definition) is 0. The number of rotatable bonds is 3. The van der Waals surface area contributed by atoms with Crippen molar-refractivity contribution in [3.63, 3.8) is 0 Å². The Morgan fingerprint density at radius 1 is 0.609 bits per heavy atom. The molecular weight excluding hydrogens is 319 g/mol. The third kappa shape index (κ3) is 3.20. The molecular formula is C21H20ClP. The molecule has 23 heavy (non-hydrogen) atoms. The summed E-state index contributed by atoms with van der Waals surface area (Å²) in [4.78, 5) is 0. The Morgan fingerprint density at radius 2 is 1.09 bits per heavy atom. The van der Waals surface area contributed by atoms with Gasteiger partial charge in [-0.1, -0.05) is 72.3 Å². The van der Waals surface area contributed by atoms with Crippen molar-refractivity contribution in [1.29, 1.82) is 0 Å². The zero-order valence-electron chi connectivity index (χ0n) is 13.7. The Bertz CT molecular complexity index is 773. The Balaban J connectivity index is 2.32. The molecule has 0 atom stereocenters. The molecule has 0 saturated heterocycles. The molecule has 116 valence electrons. The molecule has 0 saturated carbocycles. The van der Waals surface area contributed by atoms with Crippen LogP contribution in [-0.4, -0.2) is 0 Å². The predicted molar refractivity (Wildman–Crippen MR) is 104 cm³/mol. The van der Waals surface area contributed by atoms with Gasteiger partial charge in [0.25, 0.3) is 0 Å². The molecule has 3 rings (SSSR count). The van der Waals surface area contributed by atoms with E-state index in [0.717, 1.165) is 5.02 Å². The van der Waals surface area contributed by atoms with Crippen LogP contribution < -0.4 is 15.9 Å². The van der Waals surface area contributed by atoms with Crippen molar-refractivity contribution >= 4 is 35.4 Å². The lowest BCUT2D eigenvalue weighted by Crippen LogP contribution is -2.26. The molecule has 0 aliphatic rings. The summed E-state index contributed by atoms with van der Waals surface area (Å²) in [5.74, 6) is 0. The Morgan fingerprint density at radius 3 is 1.57 bits per heavy atom. The highest BCUT2D eigenvalue weighted by atomic mass is 35.5. The fraction of sp³-hybridized carbons (Fsp3) is 0.143. The number of benzene rings is 3. The topological polar surface area (TPSA) is 0 Å². The number of halogens is 1.